The van der Waals surface area contributed by atoms with Crippen LogP contribution < -0.4 is 10.0 Å². The summed E-state index contributed by atoms with van der Waals surface area (Å²) in [6.45, 7) is 0.935. The van der Waals surface area contributed by atoms with Gasteiger partial charge in [0.25, 0.3) is 0 Å². The summed E-state index contributed by atoms with van der Waals surface area (Å²) in [5.41, 5.74) is -0.560. The first-order chi connectivity index (χ1) is 17.0. The molecule has 36 heavy (non-hydrogen) atoms. The second-order valence-electron chi connectivity index (χ2n) is 11.6. The van der Waals surface area contributed by atoms with E-state index < -0.39 is 88.5 Å². The van der Waals surface area contributed by atoms with Gasteiger partial charge in [-0.25, -0.2) is 39.9 Å². The lowest BCUT2D eigenvalue weighted by atomic mass is 9.67. The number of urea groups is 1. The van der Waals surface area contributed by atoms with Gasteiger partial charge in [0.2, 0.25) is 16.0 Å². The fraction of sp³-hybridized carbons (Fsp3) is 0.958. The number of alkyl halides is 5. The number of hydrogen-bond acceptors (Lipinski definition) is 3. The molecule has 1 saturated heterocycles. The van der Waals surface area contributed by atoms with Crippen molar-refractivity contribution in [3.63, 3.8) is 0 Å². The van der Waals surface area contributed by atoms with Crippen molar-refractivity contribution < 1.29 is 35.2 Å². The molecule has 6 nitrogen and oxygen atoms in total. The summed E-state index contributed by atoms with van der Waals surface area (Å²) in [7, 11) is -4.25. The zero-order valence-corrected chi connectivity index (χ0v) is 21.5. The second-order valence-corrected chi connectivity index (χ2v) is 13.3. The van der Waals surface area contributed by atoms with E-state index in [2.05, 4.69) is 10.0 Å². The molecule has 12 heteroatoms. The second kappa shape index (κ2) is 10.9. The molecule has 4 aliphatic rings. The van der Waals surface area contributed by atoms with E-state index in [1.54, 1.807) is 0 Å². The topological polar surface area (TPSA) is 78.5 Å². The predicted molar refractivity (Wildman–Crippen MR) is 125 cm³/mol. The van der Waals surface area contributed by atoms with Crippen LogP contribution in [-0.2, 0) is 10.0 Å². The Morgan fingerprint density at radius 3 is 2.33 bits per heavy atom. The molecule has 3 saturated carbocycles. The van der Waals surface area contributed by atoms with E-state index in [1.807, 2.05) is 0 Å². The Bertz CT molecular complexity index is 882. The van der Waals surface area contributed by atoms with Crippen LogP contribution >= 0.6 is 0 Å². The third-order valence-electron chi connectivity index (χ3n) is 8.88. The highest BCUT2D eigenvalue weighted by atomic mass is 32.2. The van der Waals surface area contributed by atoms with Gasteiger partial charge in [0.1, 0.15) is 25.2 Å². The van der Waals surface area contributed by atoms with Gasteiger partial charge in [-0.05, 0) is 69.6 Å². The minimum absolute atomic E-state index is 0.138. The molecule has 1 spiro atoms. The molecule has 4 rings (SSSR count). The van der Waals surface area contributed by atoms with Crippen molar-refractivity contribution in [2.45, 2.75) is 101 Å². The van der Waals surface area contributed by atoms with Gasteiger partial charge in [-0.15, -0.1) is 0 Å². The van der Waals surface area contributed by atoms with Crippen LogP contribution in [0.4, 0.5) is 26.7 Å². The normalized spacial score (nSPS) is 39.2. The van der Waals surface area contributed by atoms with Crippen molar-refractivity contribution in [1.82, 2.24) is 14.9 Å². The summed E-state index contributed by atoms with van der Waals surface area (Å²) < 4.78 is 97.2. The molecule has 0 radical (unpaired) electrons. The average Bonchev–Trinajstić information content (AvgIpc) is 3.54. The first-order valence-corrected chi connectivity index (χ1v) is 14.7. The summed E-state index contributed by atoms with van der Waals surface area (Å²) in [5.74, 6) is -1.43. The van der Waals surface area contributed by atoms with E-state index in [-0.39, 0.29) is 32.2 Å². The van der Waals surface area contributed by atoms with Gasteiger partial charge in [0, 0.05) is 24.4 Å². The number of halogens is 5. The molecular formula is C24H38F5N3O3S. The van der Waals surface area contributed by atoms with Crippen LogP contribution in [0, 0.1) is 23.2 Å². The molecule has 1 aliphatic heterocycles. The Morgan fingerprint density at radius 2 is 1.75 bits per heavy atom. The number of carbonyl (C=O) groups is 1. The summed E-state index contributed by atoms with van der Waals surface area (Å²) >= 11 is 0. The van der Waals surface area contributed by atoms with Gasteiger partial charge in [0.05, 0.1) is 12.1 Å². The Hall–Kier alpha value is -1.17. The van der Waals surface area contributed by atoms with E-state index in [9.17, 15) is 30.8 Å². The molecule has 3 aliphatic carbocycles. The van der Waals surface area contributed by atoms with Crippen LogP contribution in [0.25, 0.3) is 0 Å². The van der Waals surface area contributed by atoms with E-state index in [0.29, 0.717) is 32.1 Å². The fourth-order valence-corrected chi connectivity index (χ4v) is 7.79. The minimum Gasteiger partial charge on any atom is -0.333 e. The van der Waals surface area contributed by atoms with Crippen molar-refractivity contribution in [2.75, 3.05) is 19.2 Å². The number of sulfonamides is 1. The lowest BCUT2D eigenvalue weighted by Gasteiger charge is -2.42. The third kappa shape index (κ3) is 5.94. The number of nitrogens with zero attached hydrogens (tertiary/aromatic N) is 1. The van der Waals surface area contributed by atoms with E-state index in [0.717, 1.165) is 0 Å². The minimum atomic E-state index is -4.25. The number of rotatable bonds is 8. The number of hydrogen-bond donors (Lipinski definition) is 2. The smallest absolute Gasteiger partial charge is 0.318 e. The summed E-state index contributed by atoms with van der Waals surface area (Å²) in [6.07, 6.45) is -0.665. The zero-order chi connectivity index (χ0) is 26.3. The quantitative estimate of drug-likeness (QED) is 0.447. The van der Waals surface area contributed by atoms with Gasteiger partial charge in [-0.1, -0.05) is 6.42 Å². The number of amides is 2. The molecule has 8 atom stereocenters. The molecule has 0 aromatic carbocycles. The van der Waals surface area contributed by atoms with Crippen molar-refractivity contribution in [3.05, 3.63) is 0 Å². The maximum Gasteiger partial charge on any atom is 0.318 e. The monoisotopic (exact) mass is 543 g/mol. The standard InChI is InChI=1S/C24H38F5N3O3S/c1-14(11-25)30-23(33)32-12-24(5-6-24)22(31-36(34,35)13-26)20(32)9-15-3-2-4-19(21(15)29)16-7-17(27)10-18(28)8-16/h14-22,31H,2-13H2,1H3,(H,30,33)/t14-,15?,16?,17?,18?,19?,20+,21?,22-/m1/s1. The van der Waals surface area contributed by atoms with Crippen LogP contribution in [0.1, 0.15) is 64.7 Å². The number of nitrogens with one attached hydrogen (secondary N) is 2. The Kier molecular flexibility index (Phi) is 8.44. The van der Waals surface area contributed by atoms with Gasteiger partial charge < -0.3 is 10.2 Å². The van der Waals surface area contributed by atoms with Crippen LogP contribution in [0.15, 0.2) is 0 Å². The first-order valence-electron chi connectivity index (χ1n) is 13.1. The van der Waals surface area contributed by atoms with Crippen molar-refractivity contribution in [3.8, 4) is 0 Å². The van der Waals surface area contributed by atoms with Crippen molar-refractivity contribution in [1.29, 1.82) is 0 Å². The summed E-state index contributed by atoms with van der Waals surface area (Å²) in [4.78, 5) is 14.5. The van der Waals surface area contributed by atoms with Crippen LogP contribution in [-0.4, -0.2) is 75.2 Å². The highest BCUT2D eigenvalue weighted by Crippen LogP contribution is 2.56. The van der Waals surface area contributed by atoms with Crippen molar-refractivity contribution in [2.24, 2.45) is 23.2 Å². The Balaban J connectivity index is 1.55. The highest BCUT2D eigenvalue weighted by Gasteiger charge is 2.62. The Morgan fingerprint density at radius 1 is 1.08 bits per heavy atom. The van der Waals surface area contributed by atoms with Gasteiger partial charge in [-0.2, -0.15) is 0 Å². The largest absolute Gasteiger partial charge is 0.333 e. The number of carbonyl (C=O) groups excluding carboxylic acids is 1. The lowest BCUT2D eigenvalue weighted by Crippen LogP contribution is -2.53. The summed E-state index contributed by atoms with van der Waals surface area (Å²) in [6, 6.07) is -4.44. The molecular weight excluding hydrogens is 505 g/mol. The van der Waals surface area contributed by atoms with E-state index in [4.69, 9.17) is 0 Å². The molecule has 2 amide bonds. The molecule has 1 heterocycles. The highest BCUT2D eigenvalue weighted by molar-refractivity contribution is 7.89. The van der Waals surface area contributed by atoms with E-state index >= 15 is 4.39 Å². The first kappa shape index (κ1) is 27.9. The van der Waals surface area contributed by atoms with Crippen LogP contribution in [0.3, 0.4) is 0 Å². The van der Waals surface area contributed by atoms with E-state index in [1.165, 1.54) is 11.8 Å². The molecule has 0 aromatic rings. The predicted octanol–water partition coefficient (Wildman–Crippen LogP) is 4.35. The third-order valence-corrected chi connectivity index (χ3v) is 9.78. The molecule has 2 N–H and O–H groups in total. The van der Waals surface area contributed by atoms with Gasteiger partial charge in [0.15, 0.2) is 0 Å². The molecule has 5 unspecified atom stereocenters. The van der Waals surface area contributed by atoms with Gasteiger partial charge in [-0.3, -0.25) is 0 Å². The number of likely N-dealkylation sites (tertiary alicyclic amines) is 1. The fourth-order valence-electron chi connectivity index (χ4n) is 6.93. The molecule has 4 fully saturated rings. The van der Waals surface area contributed by atoms with Crippen LogP contribution in [0.5, 0.6) is 0 Å². The molecule has 0 aromatic heterocycles. The van der Waals surface area contributed by atoms with Gasteiger partial charge >= 0.3 is 6.03 Å². The Labute approximate surface area is 210 Å². The zero-order valence-electron chi connectivity index (χ0n) is 20.7. The van der Waals surface area contributed by atoms with Crippen LogP contribution in [0.2, 0.25) is 0 Å². The summed E-state index contributed by atoms with van der Waals surface area (Å²) in [5, 5.41) is 2.57. The maximum absolute atomic E-state index is 15.9. The molecule has 208 valence electrons. The molecule has 0 bridgehead atoms. The SMILES string of the molecule is C[C@H](CF)NC(=O)N1CC2(CC2)[C@H](NS(=O)(=O)CF)[C@@H]1CC1CCCC(C2CC(F)CC(F)C2)C1F. The lowest BCUT2D eigenvalue weighted by molar-refractivity contribution is 0.00330. The van der Waals surface area contributed by atoms with Crippen molar-refractivity contribution >= 4 is 16.1 Å². The maximum atomic E-state index is 15.9. The average molecular weight is 544 g/mol.